The molecule has 1 aromatic carbocycles. The number of hydrogen-bond acceptors (Lipinski definition) is 6. The molecule has 1 fully saturated rings. The molecule has 3 aromatic rings. The molecular formula is C21H24FN5O2. The summed E-state index contributed by atoms with van der Waals surface area (Å²) in [6, 6.07) is 5.83. The zero-order valence-corrected chi connectivity index (χ0v) is 16.4. The molecule has 0 bridgehead atoms. The molecule has 2 aromatic heterocycles. The van der Waals surface area contributed by atoms with Crippen molar-refractivity contribution in [3.8, 4) is 0 Å². The number of nitrogens with zero attached hydrogens (tertiary/aromatic N) is 4. The number of carbonyl (C=O) groups is 1. The topological polar surface area (TPSA) is 84.1 Å². The van der Waals surface area contributed by atoms with Crippen molar-refractivity contribution in [3.05, 3.63) is 41.6 Å². The summed E-state index contributed by atoms with van der Waals surface area (Å²) in [4.78, 5) is 23.8. The van der Waals surface area contributed by atoms with Gasteiger partial charge in [-0.15, -0.1) is 0 Å². The second-order valence-electron chi connectivity index (χ2n) is 7.37. The predicted molar refractivity (Wildman–Crippen MR) is 108 cm³/mol. The maximum Gasteiger partial charge on any atom is 0.263 e. The third kappa shape index (κ3) is 4.52. The maximum atomic E-state index is 13.3. The first-order chi connectivity index (χ1) is 14.1. The average Bonchev–Trinajstić information content (AvgIpc) is 2.91. The van der Waals surface area contributed by atoms with Crippen molar-refractivity contribution in [3.63, 3.8) is 0 Å². The van der Waals surface area contributed by atoms with E-state index < -0.39 is 0 Å². The van der Waals surface area contributed by atoms with Gasteiger partial charge in [-0.05, 0) is 38.0 Å². The molecule has 29 heavy (non-hydrogen) atoms. The van der Waals surface area contributed by atoms with E-state index in [-0.39, 0.29) is 18.1 Å². The molecule has 3 heterocycles. The Morgan fingerprint density at radius 1 is 1.21 bits per heavy atom. The monoisotopic (exact) mass is 397 g/mol. The Kier molecular flexibility index (Phi) is 5.69. The highest BCUT2D eigenvalue weighted by atomic mass is 19.1. The van der Waals surface area contributed by atoms with Gasteiger partial charge in [0.05, 0.1) is 5.69 Å². The molecule has 152 valence electrons. The van der Waals surface area contributed by atoms with Crippen LogP contribution in [0.3, 0.4) is 0 Å². The number of halogens is 1. The van der Waals surface area contributed by atoms with E-state index in [1.165, 1.54) is 25.0 Å². The number of benzene rings is 1. The summed E-state index contributed by atoms with van der Waals surface area (Å²) >= 11 is 0. The Labute approximate surface area is 168 Å². The Hall–Kier alpha value is -3.03. The summed E-state index contributed by atoms with van der Waals surface area (Å²) in [6.45, 7) is 3.77. The summed E-state index contributed by atoms with van der Waals surface area (Å²) in [6.07, 6.45) is 5.25. The number of anilines is 2. The lowest BCUT2D eigenvalue weighted by Gasteiger charge is -2.22. The minimum absolute atomic E-state index is 0.189. The highest BCUT2D eigenvalue weighted by Gasteiger charge is 2.21. The molecule has 0 aliphatic carbocycles. The van der Waals surface area contributed by atoms with Crippen molar-refractivity contribution in [2.24, 2.45) is 0 Å². The van der Waals surface area contributed by atoms with Crippen LogP contribution in [-0.4, -0.2) is 34.1 Å². The SMILES string of the molecule is Cc1noc2nc(CCC(=O)Nc3cccc(F)c3)nc(N3CCCCCC3)c12. The van der Waals surface area contributed by atoms with Gasteiger partial charge < -0.3 is 14.7 Å². The van der Waals surface area contributed by atoms with Gasteiger partial charge in [-0.1, -0.05) is 24.1 Å². The quantitative estimate of drug-likeness (QED) is 0.700. The molecule has 0 saturated carbocycles. The number of carbonyl (C=O) groups excluding carboxylic acids is 1. The molecular weight excluding hydrogens is 373 g/mol. The molecule has 1 aliphatic heterocycles. The van der Waals surface area contributed by atoms with Crippen LogP contribution in [0, 0.1) is 12.7 Å². The fourth-order valence-corrected chi connectivity index (χ4v) is 3.65. The van der Waals surface area contributed by atoms with Gasteiger partial charge in [-0.3, -0.25) is 4.79 Å². The Bertz CT molecular complexity index is 1010. The van der Waals surface area contributed by atoms with Crippen LogP contribution in [0.5, 0.6) is 0 Å². The first kappa shape index (κ1) is 19.3. The van der Waals surface area contributed by atoms with E-state index in [1.54, 1.807) is 12.1 Å². The van der Waals surface area contributed by atoms with Gasteiger partial charge in [0.15, 0.2) is 0 Å². The Morgan fingerprint density at radius 2 is 2.00 bits per heavy atom. The molecule has 1 saturated heterocycles. The van der Waals surface area contributed by atoms with Gasteiger partial charge in [0.1, 0.15) is 22.8 Å². The van der Waals surface area contributed by atoms with Crippen LogP contribution in [0.4, 0.5) is 15.9 Å². The lowest BCUT2D eigenvalue weighted by Crippen LogP contribution is -2.26. The van der Waals surface area contributed by atoms with Crippen LogP contribution in [0.15, 0.2) is 28.8 Å². The third-order valence-corrected chi connectivity index (χ3v) is 5.12. The number of hydrogen-bond donors (Lipinski definition) is 1. The summed E-state index contributed by atoms with van der Waals surface area (Å²) in [5.74, 6) is 0.780. The fraction of sp³-hybridized carbons (Fsp3) is 0.429. The normalized spacial score (nSPS) is 14.8. The largest absolute Gasteiger partial charge is 0.356 e. The number of amides is 1. The average molecular weight is 397 g/mol. The highest BCUT2D eigenvalue weighted by molar-refractivity contribution is 5.91. The summed E-state index contributed by atoms with van der Waals surface area (Å²) in [5, 5.41) is 7.60. The standard InChI is InChI=1S/C21H24FN5O2/c1-14-19-20(27-11-4-2-3-5-12-27)24-17(25-21(19)29-26-14)9-10-18(28)23-16-8-6-7-15(22)13-16/h6-8,13H,2-5,9-12H2,1H3,(H,23,28). The zero-order valence-electron chi connectivity index (χ0n) is 16.4. The molecule has 4 rings (SSSR count). The van der Waals surface area contributed by atoms with Crippen LogP contribution in [0.2, 0.25) is 0 Å². The van der Waals surface area contributed by atoms with E-state index in [2.05, 4.69) is 20.4 Å². The lowest BCUT2D eigenvalue weighted by molar-refractivity contribution is -0.116. The van der Waals surface area contributed by atoms with Crippen LogP contribution in [0.25, 0.3) is 11.1 Å². The zero-order chi connectivity index (χ0) is 20.2. The van der Waals surface area contributed by atoms with Crippen LogP contribution >= 0.6 is 0 Å². The molecule has 0 unspecified atom stereocenters. The van der Waals surface area contributed by atoms with Crippen molar-refractivity contribution in [2.45, 2.75) is 45.4 Å². The van der Waals surface area contributed by atoms with E-state index in [9.17, 15) is 9.18 Å². The second kappa shape index (κ2) is 8.55. The number of fused-ring (bicyclic) bond motifs is 1. The van der Waals surface area contributed by atoms with E-state index >= 15 is 0 Å². The predicted octanol–water partition coefficient (Wildman–Crippen LogP) is 4.02. The van der Waals surface area contributed by atoms with Gasteiger partial charge in [0, 0.05) is 31.6 Å². The molecule has 0 spiro atoms. The van der Waals surface area contributed by atoms with E-state index in [0.29, 0.717) is 23.6 Å². The first-order valence-electron chi connectivity index (χ1n) is 10.0. The highest BCUT2D eigenvalue weighted by Crippen LogP contribution is 2.29. The lowest BCUT2D eigenvalue weighted by atomic mass is 10.2. The van der Waals surface area contributed by atoms with E-state index in [1.807, 2.05) is 6.92 Å². The van der Waals surface area contributed by atoms with Crippen LogP contribution in [0.1, 0.15) is 43.6 Å². The number of aromatic nitrogens is 3. The molecule has 0 atom stereocenters. The number of rotatable bonds is 5. The molecule has 1 aliphatic rings. The van der Waals surface area contributed by atoms with Gasteiger partial charge >= 0.3 is 0 Å². The maximum absolute atomic E-state index is 13.3. The smallest absolute Gasteiger partial charge is 0.263 e. The van der Waals surface area contributed by atoms with Crippen molar-refractivity contribution < 1.29 is 13.7 Å². The van der Waals surface area contributed by atoms with Gasteiger partial charge in [-0.2, -0.15) is 4.98 Å². The Morgan fingerprint density at radius 3 is 2.76 bits per heavy atom. The van der Waals surface area contributed by atoms with Crippen molar-refractivity contribution in [2.75, 3.05) is 23.3 Å². The van der Waals surface area contributed by atoms with Crippen molar-refractivity contribution >= 4 is 28.5 Å². The van der Waals surface area contributed by atoms with E-state index in [4.69, 9.17) is 9.51 Å². The van der Waals surface area contributed by atoms with Gasteiger partial charge in [0.2, 0.25) is 5.91 Å². The Balaban J connectivity index is 1.52. The first-order valence-corrected chi connectivity index (χ1v) is 10.0. The molecule has 7 nitrogen and oxygen atoms in total. The number of aryl methyl sites for hydroxylation is 2. The van der Waals surface area contributed by atoms with Crippen molar-refractivity contribution in [1.29, 1.82) is 0 Å². The molecule has 1 amide bonds. The molecule has 8 heteroatoms. The summed E-state index contributed by atoms with van der Waals surface area (Å²) < 4.78 is 18.7. The van der Waals surface area contributed by atoms with Gasteiger partial charge in [0.25, 0.3) is 5.71 Å². The minimum Gasteiger partial charge on any atom is -0.356 e. The number of nitrogens with one attached hydrogen (secondary N) is 1. The van der Waals surface area contributed by atoms with Gasteiger partial charge in [-0.25, -0.2) is 9.37 Å². The van der Waals surface area contributed by atoms with E-state index in [0.717, 1.165) is 42.8 Å². The summed E-state index contributed by atoms with van der Waals surface area (Å²) in [5.41, 5.74) is 1.66. The molecule has 0 radical (unpaired) electrons. The second-order valence-corrected chi connectivity index (χ2v) is 7.37. The fourth-order valence-electron chi connectivity index (χ4n) is 3.65. The molecule has 1 N–H and O–H groups in total. The van der Waals surface area contributed by atoms with Crippen LogP contribution in [-0.2, 0) is 11.2 Å². The third-order valence-electron chi connectivity index (χ3n) is 5.12. The minimum atomic E-state index is -0.389. The van der Waals surface area contributed by atoms with Crippen LogP contribution < -0.4 is 10.2 Å². The summed E-state index contributed by atoms with van der Waals surface area (Å²) in [7, 11) is 0. The van der Waals surface area contributed by atoms with Crippen molar-refractivity contribution in [1.82, 2.24) is 15.1 Å².